The summed E-state index contributed by atoms with van der Waals surface area (Å²) in [4.78, 5) is 39.6. The third-order valence-corrected chi connectivity index (χ3v) is 11.0. The van der Waals surface area contributed by atoms with Crippen LogP contribution >= 0.6 is 11.6 Å². The van der Waals surface area contributed by atoms with E-state index in [2.05, 4.69) is 10.6 Å². The van der Waals surface area contributed by atoms with Crippen LogP contribution in [0.4, 0.5) is 11.4 Å². The van der Waals surface area contributed by atoms with Crippen molar-refractivity contribution in [2.45, 2.75) is 69.1 Å². The van der Waals surface area contributed by atoms with Gasteiger partial charge in [-0.25, -0.2) is 0 Å². The zero-order chi connectivity index (χ0) is 27.2. The third kappa shape index (κ3) is 4.69. The summed E-state index contributed by atoms with van der Waals surface area (Å²) in [7, 11) is -2.75. The molecule has 3 aliphatic rings. The molecule has 0 radical (unpaired) electrons. The summed E-state index contributed by atoms with van der Waals surface area (Å²) in [6, 6.07) is 12.8. The monoisotopic (exact) mass is 557 g/mol. The van der Waals surface area contributed by atoms with E-state index in [4.69, 9.17) is 16.3 Å². The predicted molar refractivity (Wildman–Crippen MR) is 150 cm³/mol. The van der Waals surface area contributed by atoms with Gasteiger partial charge in [-0.1, -0.05) is 30.7 Å². The van der Waals surface area contributed by atoms with E-state index in [0.717, 1.165) is 30.6 Å². The molecule has 0 saturated carbocycles. The maximum Gasteiger partial charge on any atom is 0.264 e. The lowest BCUT2D eigenvalue weighted by Gasteiger charge is -2.32. The molecule has 8 nitrogen and oxygen atoms in total. The van der Waals surface area contributed by atoms with Crippen molar-refractivity contribution in [2.24, 2.45) is 5.92 Å². The standard InChI is InChI=1S/C28H36ClN3O5Si/c1-17-25(38(2,3)36)24(12-14-33)37-28(17)21-15-19(29)8-11-23(21)32(27(28)35)16-18-6-9-20(10-7-18)31-26(34)22-5-4-13-30-22/h6-11,15,17,22,24-25,30,33,36H,4-5,12-14,16H2,1-3H3,(H,31,34)/t17-,22+,24+,25-,28+/m0/s1. The smallest absolute Gasteiger partial charge is 0.264 e. The van der Waals surface area contributed by atoms with E-state index < -0.39 is 20.0 Å². The van der Waals surface area contributed by atoms with Gasteiger partial charge in [-0.15, -0.1) is 0 Å². The molecule has 0 bridgehead atoms. The molecule has 2 amide bonds. The Bertz CT molecular complexity index is 1210. The van der Waals surface area contributed by atoms with Crippen LogP contribution in [0.3, 0.4) is 0 Å². The van der Waals surface area contributed by atoms with Gasteiger partial charge in [0.05, 0.1) is 24.4 Å². The average Bonchev–Trinajstić information content (AvgIpc) is 3.55. The van der Waals surface area contributed by atoms with Crippen molar-refractivity contribution >= 4 is 43.1 Å². The van der Waals surface area contributed by atoms with E-state index in [1.165, 1.54) is 0 Å². The summed E-state index contributed by atoms with van der Waals surface area (Å²) in [5.74, 6) is -0.523. The normalized spacial score (nSPS) is 28.8. The number of aliphatic hydroxyl groups excluding tert-OH is 1. The fourth-order valence-electron chi connectivity index (χ4n) is 6.62. The van der Waals surface area contributed by atoms with Crippen LogP contribution in [-0.4, -0.2) is 55.3 Å². The number of halogens is 1. The fraction of sp³-hybridized carbons (Fsp3) is 0.500. The summed E-state index contributed by atoms with van der Waals surface area (Å²) >= 11 is 6.41. The first kappa shape index (κ1) is 27.3. The first-order valence-corrected chi connectivity index (χ1v) is 16.7. The van der Waals surface area contributed by atoms with Crippen molar-refractivity contribution < 1.29 is 24.2 Å². The van der Waals surface area contributed by atoms with E-state index in [1.807, 2.05) is 50.3 Å². The minimum absolute atomic E-state index is 0.0348. The number of nitrogens with zero attached hydrogens (tertiary/aromatic N) is 1. The molecule has 3 aliphatic heterocycles. The molecule has 1 spiro atoms. The van der Waals surface area contributed by atoms with E-state index in [0.29, 0.717) is 29.2 Å². The van der Waals surface area contributed by atoms with Gasteiger partial charge in [0.2, 0.25) is 5.91 Å². The Labute approximate surface area is 229 Å². The van der Waals surface area contributed by atoms with Crippen molar-refractivity contribution in [3.8, 4) is 0 Å². The van der Waals surface area contributed by atoms with Crippen LogP contribution in [0.2, 0.25) is 23.7 Å². The van der Waals surface area contributed by atoms with Crippen LogP contribution in [0.1, 0.15) is 37.3 Å². The summed E-state index contributed by atoms with van der Waals surface area (Å²) in [5, 5.41) is 16.4. The number of carbonyl (C=O) groups is 2. The van der Waals surface area contributed by atoms with Crippen LogP contribution in [-0.2, 0) is 26.5 Å². The Hall–Kier alpha value is -2.27. The van der Waals surface area contributed by atoms with Crippen molar-refractivity contribution in [1.29, 1.82) is 0 Å². The molecule has 3 heterocycles. The molecular weight excluding hydrogens is 522 g/mol. The Morgan fingerprint density at radius 2 is 2.00 bits per heavy atom. The van der Waals surface area contributed by atoms with Gasteiger partial charge in [0.1, 0.15) is 0 Å². The van der Waals surface area contributed by atoms with E-state index in [-0.39, 0.29) is 35.9 Å². The Kier molecular flexibility index (Phi) is 7.45. The quantitative estimate of drug-likeness (QED) is 0.386. The number of carbonyl (C=O) groups excluding carboxylic acids is 2. The predicted octanol–water partition coefficient (Wildman–Crippen LogP) is 3.76. The van der Waals surface area contributed by atoms with Gasteiger partial charge < -0.3 is 30.2 Å². The lowest BCUT2D eigenvalue weighted by Crippen LogP contribution is -2.46. The summed E-state index contributed by atoms with van der Waals surface area (Å²) in [5.41, 5.74) is 1.54. The van der Waals surface area contributed by atoms with Gasteiger partial charge in [0.15, 0.2) is 13.9 Å². The highest BCUT2D eigenvalue weighted by Gasteiger charge is 2.66. The van der Waals surface area contributed by atoms with Gasteiger partial charge in [-0.2, -0.15) is 0 Å². The molecule has 2 aromatic carbocycles. The Balaban J connectivity index is 1.43. The van der Waals surface area contributed by atoms with Crippen molar-refractivity contribution in [3.63, 3.8) is 0 Å². The number of nitrogens with one attached hydrogen (secondary N) is 2. The number of ether oxygens (including phenoxy) is 1. The number of benzene rings is 2. The van der Waals surface area contributed by atoms with E-state index in [1.54, 1.807) is 17.0 Å². The molecule has 0 aromatic heterocycles. The molecule has 5 rings (SSSR count). The third-order valence-electron chi connectivity index (χ3n) is 8.30. The van der Waals surface area contributed by atoms with Crippen LogP contribution in [0.15, 0.2) is 42.5 Å². The number of rotatable bonds is 7. The second kappa shape index (κ2) is 10.4. The maximum atomic E-state index is 14.3. The van der Waals surface area contributed by atoms with Crippen LogP contribution in [0.25, 0.3) is 0 Å². The Morgan fingerprint density at radius 1 is 1.26 bits per heavy atom. The number of hydrogen-bond acceptors (Lipinski definition) is 6. The Morgan fingerprint density at radius 3 is 2.63 bits per heavy atom. The summed E-state index contributed by atoms with van der Waals surface area (Å²) < 4.78 is 6.59. The minimum Gasteiger partial charge on any atom is -0.432 e. The van der Waals surface area contributed by atoms with Crippen LogP contribution < -0.4 is 15.5 Å². The van der Waals surface area contributed by atoms with Gasteiger partial charge in [0, 0.05) is 34.3 Å². The zero-order valence-corrected chi connectivity index (χ0v) is 23.8. The van der Waals surface area contributed by atoms with Crippen molar-refractivity contribution in [2.75, 3.05) is 23.4 Å². The first-order chi connectivity index (χ1) is 18.1. The summed E-state index contributed by atoms with van der Waals surface area (Å²) in [6.07, 6.45) is 1.75. The minimum atomic E-state index is -2.75. The van der Waals surface area contributed by atoms with Crippen molar-refractivity contribution in [3.05, 3.63) is 58.6 Å². The SMILES string of the molecule is C[C@H]1[C@H]([Si](C)(C)O)[C@@H](CCO)O[C@]12C(=O)N(Cc1ccc(NC(=O)[C@H]3CCCN3)cc1)c1ccc(Cl)cc12. The van der Waals surface area contributed by atoms with Gasteiger partial charge >= 0.3 is 0 Å². The number of anilines is 2. The van der Waals surface area contributed by atoms with Gasteiger partial charge in [-0.3, -0.25) is 9.59 Å². The summed E-state index contributed by atoms with van der Waals surface area (Å²) in [6.45, 7) is 6.78. The number of hydrogen-bond donors (Lipinski definition) is 4. The highest BCUT2D eigenvalue weighted by Crippen LogP contribution is 2.60. The van der Waals surface area contributed by atoms with E-state index >= 15 is 0 Å². The van der Waals surface area contributed by atoms with Crippen LogP contribution in [0.5, 0.6) is 0 Å². The number of amides is 2. The van der Waals surface area contributed by atoms with Crippen molar-refractivity contribution in [1.82, 2.24) is 5.32 Å². The molecule has 0 aliphatic carbocycles. The molecule has 4 N–H and O–H groups in total. The molecule has 2 aromatic rings. The fourth-order valence-corrected chi connectivity index (χ4v) is 9.39. The molecule has 204 valence electrons. The molecule has 0 unspecified atom stereocenters. The molecule has 5 atom stereocenters. The average molecular weight is 558 g/mol. The zero-order valence-electron chi connectivity index (χ0n) is 22.0. The highest BCUT2D eigenvalue weighted by atomic mass is 35.5. The van der Waals surface area contributed by atoms with Gasteiger partial charge in [-0.05, 0) is 74.8 Å². The lowest BCUT2D eigenvalue weighted by molar-refractivity contribution is -0.146. The molecule has 2 fully saturated rings. The second-order valence-corrected chi connectivity index (χ2v) is 15.7. The van der Waals surface area contributed by atoms with Gasteiger partial charge in [0.25, 0.3) is 5.91 Å². The lowest BCUT2D eigenvalue weighted by atomic mass is 9.82. The maximum absolute atomic E-state index is 14.3. The molecule has 2 saturated heterocycles. The topological polar surface area (TPSA) is 111 Å². The number of fused-ring (bicyclic) bond motifs is 2. The molecular formula is C28H36ClN3O5Si. The second-order valence-electron chi connectivity index (χ2n) is 11.3. The van der Waals surface area contributed by atoms with E-state index in [9.17, 15) is 19.5 Å². The largest absolute Gasteiger partial charge is 0.432 e. The van der Waals surface area contributed by atoms with Crippen LogP contribution in [0, 0.1) is 5.92 Å². The molecule has 10 heteroatoms. The first-order valence-electron chi connectivity index (χ1n) is 13.3. The molecule has 38 heavy (non-hydrogen) atoms. The number of aliphatic hydroxyl groups is 1. The highest BCUT2D eigenvalue weighted by molar-refractivity contribution is 6.71.